The Morgan fingerprint density at radius 3 is 2.86 bits per heavy atom. The number of H-pyrrole nitrogens is 1. The Bertz CT molecular complexity index is 721. The van der Waals surface area contributed by atoms with Crippen LogP contribution in [0.3, 0.4) is 0 Å². The summed E-state index contributed by atoms with van der Waals surface area (Å²) in [5.41, 5.74) is 0.704. The van der Waals surface area contributed by atoms with Gasteiger partial charge in [-0.1, -0.05) is 12.1 Å². The van der Waals surface area contributed by atoms with E-state index in [2.05, 4.69) is 23.4 Å². The first-order valence-electron chi connectivity index (χ1n) is 7.25. The van der Waals surface area contributed by atoms with E-state index in [0.717, 1.165) is 12.2 Å². The van der Waals surface area contributed by atoms with Gasteiger partial charge in [-0.05, 0) is 31.0 Å². The number of hydrogen-bond donors (Lipinski definition) is 2. The van der Waals surface area contributed by atoms with Gasteiger partial charge in [0.05, 0.1) is 13.7 Å². The van der Waals surface area contributed by atoms with Gasteiger partial charge < -0.3 is 10.1 Å². The van der Waals surface area contributed by atoms with Crippen LogP contribution in [0.1, 0.15) is 12.5 Å². The third-order valence-corrected chi connectivity index (χ3v) is 3.39. The Morgan fingerprint density at radius 1 is 1.27 bits per heavy atom. The molecule has 118 valence electrons. The molecule has 1 heterocycles. The van der Waals surface area contributed by atoms with Crippen LogP contribution in [0.4, 0.5) is 0 Å². The average Bonchev–Trinajstić information content (AvgIpc) is 2.51. The lowest BCUT2D eigenvalue weighted by atomic mass is 10.1. The van der Waals surface area contributed by atoms with Gasteiger partial charge in [0, 0.05) is 24.7 Å². The Kier molecular flexibility index (Phi) is 5.55. The molecule has 2 N–H and O–H groups in total. The van der Waals surface area contributed by atoms with E-state index in [1.807, 2.05) is 18.2 Å². The molecule has 0 spiro atoms. The summed E-state index contributed by atoms with van der Waals surface area (Å²) in [6.07, 6.45) is 0.859. The predicted molar refractivity (Wildman–Crippen MR) is 85.5 cm³/mol. The fourth-order valence-corrected chi connectivity index (χ4v) is 2.28. The largest absolute Gasteiger partial charge is 0.497 e. The zero-order valence-corrected chi connectivity index (χ0v) is 12.8. The zero-order chi connectivity index (χ0) is 15.9. The highest BCUT2D eigenvalue weighted by Crippen LogP contribution is 2.13. The molecule has 0 bridgehead atoms. The number of methoxy groups -OCH3 is 1. The summed E-state index contributed by atoms with van der Waals surface area (Å²) < 4.78 is 6.52. The molecule has 0 saturated heterocycles. The molecule has 2 aromatic rings. The maximum Gasteiger partial charge on any atom is 0.265 e. The molecule has 0 aliphatic carbocycles. The van der Waals surface area contributed by atoms with Crippen molar-refractivity contribution in [2.24, 2.45) is 0 Å². The molecule has 0 radical (unpaired) electrons. The van der Waals surface area contributed by atoms with E-state index in [1.165, 1.54) is 22.4 Å². The van der Waals surface area contributed by atoms with Crippen LogP contribution < -0.4 is 21.2 Å². The lowest BCUT2D eigenvalue weighted by Crippen LogP contribution is -2.35. The standard InChI is InChI=1S/C16H21N3O3/c1-12(10-13-4-3-5-14(11-13)22-2)17-8-9-19-16(21)7-6-15(20)18-19/h3-7,11-12,17H,8-10H2,1-2H3,(H,18,20). The van der Waals surface area contributed by atoms with Gasteiger partial charge in [-0.25, -0.2) is 4.68 Å². The van der Waals surface area contributed by atoms with Crippen molar-refractivity contribution in [1.82, 2.24) is 15.1 Å². The number of rotatable bonds is 7. The molecule has 0 fully saturated rings. The molecule has 22 heavy (non-hydrogen) atoms. The first kappa shape index (κ1) is 16.0. The molecule has 0 aliphatic heterocycles. The van der Waals surface area contributed by atoms with Crippen molar-refractivity contribution in [2.45, 2.75) is 25.9 Å². The molecule has 0 aliphatic rings. The molecule has 2 rings (SSSR count). The summed E-state index contributed by atoms with van der Waals surface area (Å²) in [6, 6.07) is 10.7. The first-order chi connectivity index (χ1) is 10.6. The molecule has 6 nitrogen and oxygen atoms in total. The van der Waals surface area contributed by atoms with Crippen LogP contribution in [0.25, 0.3) is 0 Å². The molecule has 1 unspecified atom stereocenters. The van der Waals surface area contributed by atoms with E-state index in [-0.39, 0.29) is 17.2 Å². The lowest BCUT2D eigenvalue weighted by molar-refractivity contribution is 0.413. The van der Waals surface area contributed by atoms with Gasteiger partial charge in [-0.3, -0.25) is 14.7 Å². The number of ether oxygens (including phenoxy) is 1. The molecular weight excluding hydrogens is 282 g/mol. The normalized spacial score (nSPS) is 12.1. The highest BCUT2D eigenvalue weighted by Gasteiger charge is 2.04. The monoisotopic (exact) mass is 303 g/mol. The Hall–Kier alpha value is -2.34. The lowest BCUT2D eigenvalue weighted by Gasteiger charge is -2.15. The van der Waals surface area contributed by atoms with Crippen LogP contribution in [0, 0.1) is 0 Å². The fourth-order valence-electron chi connectivity index (χ4n) is 2.28. The second-order valence-corrected chi connectivity index (χ2v) is 5.21. The van der Waals surface area contributed by atoms with Crippen molar-refractivity contribution < 1.29 is 4.74 Å². The van der Waals surface area contributed by atoms with E-state index in [1.54, 1.807) is 7.11 Å². The summed E-state index contributed by atoms with van der Waals surface area (Å²) in [6.45, 7) is 3.11. The predicted octanol–water partition coefficient (Wildman–Crippen LogP) is 0.766. The molecular formula is C16H21N3O3. The van der Waals surface area contributed by atoms with Crippen LogP contribution in [0.5, 0.6) is 5.75 Å². The smallest absolute Gasteiger partial charge is 0.265 e. The van der Waals surface area contributed by atoms with Crippen LogP contribution in [-0.2, 0) is 13.0 Å². The number of hydrogen-bond acceptors (Lipinski definition) is 4. The van der Waals surface area contributed by atoms with E-state index < -0.39 is 0 Å². The highest BCUT2D eigenvalue weighted by atomic mass is 16.5. The molecule has 1 aromatic heterocycles. The van der Waals surface area contributed by atoms with E-state index in [0.29, 0.717) is 13.1 Å². The quantitative estimate of drug-likeness (QED) is 0.792. The summed E-state index contributed by atoms with van der Waals surface area (Å²) in [4.78, 5) is 22.8. The van der Waals surface area contributed by atoms with Crippen molar-refractivity contribution in [3.8, 4) is 5.75 Å². The van der Waals surface area contributed by atoms with Gasteiger partial charge in [0.1, 0.15) is 5.75 Å². The van der Waals surface area contributed by atoms with Crippen molar-refractivity contribution in [3.05, 3.63) is 62.7 Å². The van der Waals surface area contributed by atoms with Gasteiger partial charge >= 0.3 is 0 Å². The zero-order valence-electron chi connectivity index (χ0n) is 12.8. The maximum absolute atomic E-state index is 11.6. The topological polar surface area (TPSA) is 76.1 Å². The summed E-state index contributed by atoms with van der Waals surface area (Å²) >= 11 is 0. The van der Waals surface area contributed by atoms with Gasteiger partial charge in [0.2, 0.25) is 0 Å². The van der Waals surface area contributed by atoms with Gasteiger partial charge in [-0.15, -0.1) is 0 Å². The van der Waals surface area contributed by atoms with Crippen molar-refractivity contribution >= 4 is 0 Å². The summed E-state index contributed by atoms with van der Waals surface area (Å²) in [5.74, 6) is 0.845. The number of benzene rings is 1. The molecule has 0 amide bonds. The first-order valence-corrected chi connectivity index (χ1v) is 7.25. The fraction of sp³-hybridized carbons (Fsp3) is 0.375. The molecule has 0 saturated carbocycles. The van der Waals surface area contributed by atoms with Gasteiger partial charge in [-0.2, -0.15) is 0 Å². The highest BCUT2D eigenvalue weighted by molar-refractivity contribution is 5.28. The maximum atomic E-state index is 11.6. The third kappa shape index (κ3) is 4.60. The van der Waals surface area contributed by atoms with E-state index >= 15 is 0 Å². The summed E-state index contributed by atoms with van der Waals surface area (Å²) in [7, 11) is 1.65. The van der Waals surface area contributed by atoms with Crippen LogP contribution >= 0.6 is 0 Å². The van der Waals surface area contributed by atoms with Crippen molar-refractivity contribution in [1.29, 1.82) is 0 Å². The SMILES string of the molecule is COc1cccc(CC(C)NCCn2[nH]c(=O)ccc2=O)c1. The van der Waals surface area contributed by atoms with E-state index in [4.69, 9.17) is 4.74 Å². The molecule has 1 aromatic carbocycles. The minimum atomic E-state index is -0.274. The minimum Gasteiger partial charge on any atom is -0.497 e. The Balaban J connectivity index is 1.85. The van der Waals surface area contributed by atoms with Crippen molar-refractivity contribution in [2.75, 3.05) is 13.7 Å². The van der Waals surface area contributed by atoms with Crippen LogP contribution in [-0.4, -0.2) is 29.5 Å². The van der Waals surface area contributed by atoms with E-state index in [9.17, 15) is 9.59 Å². The number of aromatic nitrogens is 2. The Morgan fingerprint density at radius 2 is 2.09 bits per heavy atom. The minimum absolute atomic E-state index is 0.207. The van der Waals surface area contributed by atoms with Crippen LogP contribution in [0.15, 0.2) is 46.0 Å². The van der Waals surface area contributed by atoms with Crippen molar-refractivity contribution in [3.63, 3.8) is 0 Å². The number of nitrogens with one attached hydrogen (secondary N) is 2. The second kappa shape index (κ2) is 7.61. The number of aromatic amines is 1. The molecule has 6 heteroatoms. The summed E-state index contributed by atoms with van der Waals surface area (Å²) in [5, 5.41) is 5.85. The number of nitrogens with zero attached hydrogens (tertiary/aromatic N) is 1. The van der Waals surface area contributed by atoms with Gasteiger partial charge in [0.25, 0.3) is 11.1 Å². The third-order valence-electron chi connectivity index (χ3n) is 3.39. The average molecular weight is 303 g/mol. The second-order valence-electron chi connectivity index (χ2n) is 5.21. The van der Waals surface area contributed by atoms with Gasteiger partial charge in [0.15, 0.2) is 0 Å². The Labute approximate surface area is 128 Å². The molecule has 1 atom stereocenters. The van der Waals surface area contributed by atoms with Crippen LogP contribution in [0.2, 0.25) is 0 Å².